The largest absolute Gasteiger partial charge is 0.495 e. The number of halogens is 1. The van der Waals surface area contributed by atoms with E-state index in [1.54, 1.807) is 13.2 Å². The molecule has 0 radical (unpaired) electrons. The Morgan fingerprint density at radius 2 is 1.95 bits per heavy atom. The van der Waals surface area contributed by atoms with Crippen LogP contribution in [0.25, 0.3) is 0 Å². The lowest BCUT2D eigenvalue weighted by Crippen LogP contribution is -1.98. The fourth-order valence-electron chi connectivity index (χ4n) is 1.81. The summed E-state index contributed by atoms with van der Waals surface area (Å²) in [6, 6.07) is 13.4. The summed E-state index contributed by atoms with van der Waals surface area (Å²) in [4.78, 5) is 0. The number of nitrogens with zero attached hydrogens (tertiary/aromatic N) is 1. The van der Waals surface area contributed by atoms with Gasteiger partial charge in [-0.1, -0.05) is 28.1 Å². The molecule has 0 bridgehead atoms. The Bertz CT molecular complexity index is 662. The normalized spacial score (nSPS) is 9.90. The van der Waals surface area contributed by atoms with Gasteiger partial charge >= 0.3 is 0 Å². The molecule has 0 spiro atoms. The van der Waals surface area contributed by atoms with E-state index in [2.05, 4.69) is 22.0 Å². The lowest BCUT2D eigenvalue weighted by molar-refractivity contribution is 0.303. The van der Waals surface area contributed by atoms with Gasteiger partial charge in [-0.25, -0.2) is 0 Å². The van der Waals surface area contributed by atoms with Crippen molar-refractivity contribution in [1.29, 1.82) is 5.26 Å². The summed E-state index contributed by atoms with van der Waals surface area (Å²) in [5.41, 5.74) is 2.56. The number of hydrogen-bond acceptors (Lipinski definition) is 3. The van der Waals surface area contributed by atoms with Gasteiger partial charge in [-0.2, -0.15) is 5.26 Å². The minimum atomic E-state index is 0.430. The molecular formula is C16H14BrNO2. The number of methoxy groups -OCH3 is 1. The Morgan fingerprint density at radius 3 is 2.65 bits per heavy atom. The van der Waals surface area contributed by atoms with Crippen LogP contribution in [0.4, 0.5) is 0 Å². The third kappa shape index (κ3) is 3.31. The molecule has 0 heterocycles. The average molecular weight is 332 g/mol. The highest BCUT2D eigenvalue weighted by molar-refractivity contribution is 9.10. The SMILES string of the molecule is COc1cc(COc2cc(Br)ccc2C)ccc1C#N. The second kappa shape index (κ2) is 6.44. The molecular weight excluding hydrogens is 318 g/mol. The number of nitriles is 1. The highest BCUT2D eigenvalue weighted by atomic mass is 79.9. The molecule has 0 aliphatic carbocycles. The maximum atomic E-state index is 8.95. The molecule has 4 heteroatoms. The van der Waals surface area contributed by atoms with Gasteiger partial charge in [0.25, 0.3) is 0 Å². The van der Waals surface area contributed by atoms with Gasteiger partial charge in [0.05, 0.1) is 12.7 Å². The van der Waals surface area contributed by atoms with Crippen molar-refractivity contribution in [2.24, 2.45) is 0 Å². The molecule has 20 heavy (non-hydrogen) atoms. The average Bonchev–Trinajstić information content (AvgIpc) is 2.47. The van der Waals surface area contributed by atoms with E-state index >= 15 is 0 Å². The van der Waals surface area contributed by atoms with Crippen molar-refractivity contribution in [3.05, 3.63) is 57.6 Å². The molecule has 2 rings (SSSR count). The molecule has 0 saturated carbocycles. The van der Waals surface area contributed by atoms with Gasteiger partial charge in [-0.3, -0.25) is 0 Å². The summed E-state index contributed by atoms with van der Waals surface area (Å²) in [5, 5.41) is 8.95. The first-order valence-electron chi connectivity index (χ1n) is 6.10. The van der Waals surface area contributed by atoms with Crippen LogP contribution in [0.2, 0.25) is 0 Å². The van der Waals surface area contributed by atoms with Crippen molar-refractivity contribution >= 4 is 15.9 Å². The first kappa shape index (κ1) is 14.4. The second-order valence-electron chi connectivity index (χ2n) is 4.34. The van der Waals surface area contributed by atoms with Gasteiger partial charge in [0.2, 0.25) is 0 Å². The molecule has 0 amide bonds. The topological polar surface area (TPSA) is 42.2 Å². The van der Waals surface area contributed by atoms with E-state index < -0.39 is 0 Å². The molecule has 0 aliphatic heterocycles. The van der Waals surface area contributed by atoms with E-state index in [0.717, 1.165) is 21.3 Å². The summed E-state index contributed by atoms with van der Waals surface area (Å²) in [6.45, 7) is 2.43. The van der Waals surface area contributed by atoms with Crippen LogP contribution in [0.5, 0.6) is 11.5 Å². The summed E-state index contributed by atoms with van der Waals surface area (Å²) in [7, 11) is 1.55. The standard InChI is InChI=1S/C16H14BrNO2/c1-11-3-6-14(17)8-15(11)20-10-12-4-5-13(9-18)16(7-12)19-2/h3-8H,10H2,1-2H3. The van der Waals surface area contributed by atoms with Crippen molar-refractivity contribution < 1.29 is 9.47 Å². The van der Waals surface area contributed by atoms with Crippen molar-refractivity contribution in [1.82, 2.24) is 0 Å². The number of aryl methyl sites for hydroxylation is 1. The van der Waals surface area contributed by atoms with Crippen LogP contribution in [0.1, 0.15) is 16.7 Å². The second-order valence-corrected chi connectivity index (χ2v) is 5.26. The molecule has 0 fully saturated rings. The van der Waals surface area contributed by atoms with Crippen LogP contribution in [0, 0.1) is 18.3 Å². The lowest BCUT2D eigenvalue weighted by Gasteiger charge is -2.11. The molecule has 0 aromatic heterocycles. The Balaban J connectivity index is 2.15. The molecule has 0 unspecified atom stereocenters. The summed E-state index contributed by atoms with van der Waals surface area (Å²) in [6.07, 6.45) is 0. The van der Waals surface area contributed by atoms with Crippen molar-refractivity contribution in [2.75, 3.05) is 7.11 Å². The molecule has 0 saturated heterocycles. The van der Waals surface area contributed by atoms with Crippen LogP contribution >= 0.6 is 15.9 Å². The van der Waals surface area contributed by atoms with Crippen molar-refractivity contribution in [2.45, 2.75) is 13.5 Å². The molecule has 0 atom stereocenters. The van der Waals surface area contributed by atoms with Gasteiger partial charge in [-0.05, 0) is 42.3 Å². The van der Waals surface area contributed by atoms with Crippen molar-refractivity contribution in [3.8, 4) is 17.6 Å². The van der Waals surface area contributed by atoms with E-state index in [9.17, 15) is 0 Å². The third-order valence-electron chi connectivity index (χ3n) is 2.93. The zero-order chi connectivity index (χ0) is 14.5. The van der Waals surface area contributed by atoms with Crippen LogP contribution in [0.3, 0.4) is 0 Å². The first-order chi connectivity index (χ1) is 9.63. The predicted molar refractivity (Wildman–Crippen MR) is 80.9 cm³/mol. The quantitative estimate of drug-likeness (QED) is 0.842. The highest BCUT2D eigenvalue weighted by Crippen LogP contribution is 2.25. The molecule has 102 valence electrons. The van der Waals surface area contributed by atoms with E-state index in [1.807, 2.05) is 37.3 Å². The minimum absolute atomic E-state index is 0.430. The summed E-state index contributed by atoms with van der Waals surface area (Å²) < 4.78 is 12.0. The highest BCUT2D eigenvalue weighted by Gasteiger charge is 2.05. The van der Waals surface area contributed by atoms with Gasteiger partial charge in [0.15, 0.2) is 0 Å². The molecule has 2 aromatic rings. The number of ether oxygens (including phenoxy) is 2. The molecule has 2 aromatic carbocycles. The number of rotatable bonds is 4. The summed E-state index contributed by atoms with van der Waals surface area (Å²) in [5.74, 6) is 1.40. The Labute approximate surface area is 126 Å². The van der Waals surface area contributed by atoms with Gasteiger partial charge < -0.3 is 9.47 Å². The first-order valence-corrected chi connectivity index (χ1v) is 6.89. The van der Waals surface area contributed by atoms with Crippen LogP contribution < -0.4 is 9.47 Å². The maximum Gasteiger partial charge on any atom is 0.137 e. The zero-order valence-electron chi connectivity index (χ0n) is 11.3. The van der Waals surface area contributed by atoms with Crippen molar-refractivity contribution in [3.63, 3.8) is 0 Å². The summed E-state index contributed by atoms with van der Waals surface area (Å²) >= 11 is 3.43. The van der Waals surface area contributed by atoms with E-state index in [-0.39, 0.29) is 0 Å². The Kier molecular flexibility index (Phi) is 4.65. The van der Waals surface area contributed by atoms with Gasteiger partial charge in [0.1, 0.15) is 24.2 Å². The number of hydrogen-bond donors (Lipinski definition) is 0. The van der Waals surface area contributed by atoms with E-state index in [0.29, 0.717) is 17.9 Å². The van der Waals surface area contributed by atoms with Crippen LogP contribution in [-0.4, -0.2) is 7.11 Å². The zero-order valence-corrected chi connectivity index (χ0v) is 12.9. The lowest BCUT2D eigenvalue weighted by atomic mass is 10.1. The van der Waals surface area contributed by atoms with Crippen LogP contribution in [0.15, 0.2) is 40.9 Å². The molecule has 0 aliphatic rings. The Hall–Kier alpha value is -1.99. The fourth-order valence-corrected chi connectivity index (χ4v) is 2.15. The predicted octanol–water partition coefficient (Wildman–Crippen LogP) is 4.22. The Morgan fingerprint density at radius 1 is 1.15 bits per heavy atom. The van der Waals surface area contributed by atoms with Gasteiger partial charge in [-0.15, -0.1) is 0 Å². The smallest absolute Gasteiger partial charge is 0.137 e. The van der Waals surface area contributed by atoms with E-state index in [1.165, 1.54) is 0 Å². The number of benzene rings is 2. The maximum absolute atomic E-state index is 8.95. The van der Waals surface area contributed by atoms with Gasteiger partial charge in [0, 0.05) is 4.47 Å². The third-order valence-corrected chi connectivity index (χ3v) is 3.42. The van der Waals surface area contributed by atoms with Crippen LogP contribution in [-0.2, 0) is 6.61 Å². The monoisotopic (exact) mass is 331 g/mol. The molecule has 0 N–H and O–H groups in total. The fraction of sp³-hybridized carbons (Fsp3) is 0.188. The van der Waals surface area contributed by atoms with E-state index in [4.69, 9.17) is 14.7 Å². The molecule has 3 nitrogen and oxygen atoms in total. The minimum Gasteiger partial charge on any atom is -0.495 e.